The van der Waals surface area contributed by atoms with Gasteiger partial charge in [0.1, 0.15) is 12.7 Å². The topological polar surface area (TPSA) is 184 Å². The first-order valence-electron chi connectivity index (χ1n) is 20.6. The van der Waals surface area contributed by atoms with Gasteiger partial charge in [0.15, 0.2) is 6.10 Å². The lowest BCUT2D eigenvalue weighted by molar-refractivity contribution is -0.161. The number of carbonyl (C=O) groups excluding carboxylic acids is 2. The third-order valence-corrected chi connectivity index (χ3v) is 9.87. The number of phosphoric ester groups is 1. The summed E-state index contributed by atoms with van der Waals surface area (Å²) in [7, 11) is -4.61. The van der Waals surface area contributed by atoms with Crippen molar-refractivity contribution in [2.24, 2.45) is 0 Å². The van der Waals surface area contributed by atoms with Gasteiger partial charge in [-0.3, -0.25) is 18.6 Å². The Morgan fingerprint density at radius 3 is 1.40 bits per heavy atom. The van der Waals surface area contributed by atoms with E-state index in [2.05, 4.69) is 30.5 Å². The van der Waals surface area contributed by atoms with Crippen molar-refractivity contribution in [2.75, 3.05) is 26.4 Å². The van der Waals surface area contributed by atoms with Crippen LogP contribution in [-0.2, 0) is 32.7 Å². The molecule has 0 aromatic rings. The first-order valence-corrected chi connectivity index (χ1v) is 22.1. The molecule has 0 bridgehead atoms. The maximum Gasteiger partial charge on any atom is 0.472 e. The van der Waals surface area contributed by atoms with Gasteiger partial charge in [0.25, 0.3) is 0 Å². The summed E-state index contributed by atoms with van der Waals surface area (Å²) in [5.41, 5.74) is 0. The molecule has 0 radical (unpaired) electrons. The summed E-state index contributed by atoms with van der Waals surface area (Å²) in [6.07, 6.45) is 33.2. The van der Waals surface area contributed by atoms with Crippen molar-refractivity contribution in [2.45, 2.75) is 206 Å². The molecule has 52 heavy (non-hydrogen) atoms. The van der Waals surface area contributed by atoms with Gasteiger partial charge in [-0.15, -0.1) is 0 Å². The Balaban J connectivity index is 0. The van der Waals surface area contributed by atoms with Crippen molar-refractivity contribution in [3.63, 3.8) is 0 Å². The number of aliphatic hydroxyl groups excluding tert-OH is 2. The molecule has 0 spiro atoms. The summed E-state index contributed by atoms with van der Waals surface area (Å²) in [6, 6.07) is 0. The normalized spacial score (nSPS) is 13.8. The average Bonchev–Trinajstić information content (AvgIpc) is 3.12. The quantitative estimate of drug-likeness (QED) is 0.0202. The maximum absolute atomic E-state index is 12.6. The summed E-state index contributed by atoms with van der Waals surface area (Å²) in [5, 5.41) is 18.3. The lowest BCUT2D eigenvalue weighted by Crippen LogP contribution is -2.29. The lowest BCUT2D eigenvalue weighted by Gasteiger charge is -2.20. The average molecular weight is 766 g/mol. The standard InChI is InChI=1S/C40H77O10P.H3N/c1-3-5-7-9-11-13-15-17-18-20-22-24-26-28-30-32-40(44)50-38(36-49-51(45,46)48-34-37(42)33-41)35-47-39(43)31-29-27-25-23-21-19-16-14-12-10-8-6-4-2;/h17-18,37-38,41-42H,3-16,19-36H2,1-2H3,(H,45,46);1H3/b18-17+;. The van der Waals surface area contributed by atoms with Gasteiger partial charge in [0, 0.05) is 12.8 Å². The molecule has 0 aliphatic carbocycles. The molecular weight excluding hydrogens is 685 g/mol. The number of unbranched alkanes of at least 4 members (excludes halogenated alkanes) is 23. The van der Waals surface area contributed by atoms with Crippen LogP contribution in [0.2, 0.25) is 0 Å². The van der Waals surface area contributed by atoms with Gasteiger partial charge in [-0.25, -0.2) is 4.57 Å². The third-order valence-electron chi connectivity index (χ3n) is 8.92. The minimum atomic E-state index is -4.61. The molecule has 0 rings (SSSR count). The molecule has 0 amide bonds. The van der Waals surface area contributed by atoms with Crippen LogP contribution in [0.1, 0.15) is 194 Å². The highest BCUT2D eigenvalue weighted by atomic mass is 31.2. The van der Waals surface area contributed by atoms with Gasteiger partial charge in [0.2, 0.25) is 0 Å². The molecule has 3 unspecified atom stereocenters. The van der Waals surface area contributed by atoms with Crippen LogP contribution in [0.4, 0.5) is 0 Å². The van der Waals surface area contributed by atoms with Gasteiger partial charge in [-0.2, -0.15) is 0 Å². The summed E-state index contributed by atoms with van der Waals surface area (Å²) in [6.45, 7) is 2.37. The highest BCUT2D eigenvalue weighted by Gasteiger charge is 2.27. The zero-order valence-electron chi connectivity index (χ0n) is 33.3. The zero-order chi connectivity index (χ0) is 37.7. The smallest absolute Gasteiger partial charge is 0.462 e. The fourth-order valence-electron chi connectivity index (χ4n) is 5.69. The van der Waals surface area contributed by atoms with Gasteiger partial charge >= 0.3 is 19.8 Å². The fraction of sp³-hybridized carbons (Fsp3) is 0.900. The monoisotopic (exact) mass is 766 g/mol. The van der Waals surface area contributed by atoms with Crippen LogP contribution < -0.4 is 6.15 Å². The largest absolute Gasteiger partial charge is 0.472 e. The molecule has 0 aliphatic rings. The van der Waals surface area contributed by atoms with Gasteiger partial charge < -0.3 is 30.7 Å². The molecule has 12 heteroatoms. The first kappa shape index (κ1) is 52.8. The SMILES string of the molecule is CCCCCCCC/C=C/CCCCCCCC(=O)OC(COC(=O)CCCCCCCCCCCCCCC)COP(=O)(O)OCC(O)CO.N. The first-order chi connectivity index (χ1) is 24.7. The summed E-state index contributed by atoms with van der Waals surface area (Å²) >= 11 is 0. The van der Waals surface area contributed by atoms with Crippen molar-refractivity contribution in [3.05, 3.63) is 12.2 Å². The summed E-state index contributed by atoms with van der Waals surface area (Å²) in [4.78, 5) is 34.9. The van der Waals surface area contributed by atoms with E-state index in [0.29, 0.717) is 12.8 Å². The van der Waals surface area contributed by atoms with E-state index in [4.69, 9.17) is 19.1 Å². The summed E-state index contributed by atoms with van der Waals surface area (Å²) in [5.74, 6) is -0.927. The lowest BCUT2D eigenvalue weighted by atomic mass is 10.0. The number of rotatable bonds is 39. The van der Waals surface area contributed by atoms with E-state index >= 15 is 0 Å². The van der Waals surface area contributed by atoms with E-state index in [-0.39, 0.29) is 25.6 Å². The van der Waals surface area contributed by atoms with Gasteiger partial charge in [0.05, 0.1) is 19.8 Å². The van der Waals surface area contributed by atoms with E-state index in [9.17, 15) is 24.2 Å². The Morgan fingerprint density at radius 2 is 0.962 bits per heavy atom. The maximum atomic E-state index is 12.6. The number of phosphoric acid groups is 1. The Morgan fingerprint density at radius 1 is 0.577 bits per heavy atom. The Bertz CT molecular complexity index is 875. The van der Waals surface area contributed by atoms with Crippen molar-refractivity contribution in [1.82, 2.24) is 6.15 Å². The molecule has 11 nitrogen and oxygen atoms in total. The van der Waals surface area contributed by atoms with Gasteiger partial charge in [-0.05, 0) is 38.5 Å². The molecule has 0 fully saturated rings. The van der Waals surface area contributed by atoms with E-state index in [1.807, 2.05) is 0 Å². The number of allylic oxidation sites excluding steroid dienone is 2. The number of esters is 2. The highest BCUT2D eigenvalue weighted by Crippen LogP contribution is 2.43. The second-order valence-electron chi connectivity index (χ2n) is 14.0. The molecule has 0 saturated heterocycles. The van der Waals surface area contributed by atoms with E-state index in [1.54, 1.807) is 0 Å². The number of hydrogen-bond donors (Lipinski definition) is 4. The Labute approximate surface area is 317 Å². The second kappa shape index (κ2) is 39.4. The molecule has 310 valence electrons. The number of carbonyl (C=O) groups is 2. The molecule has 0 aliphatic heterocycles. The van der Waals surface area contributed by atoms with Crippen LogP contribution >= 0.6 is 7.82 Å². The molecule has 0 saturated carbocycles. The van der Waals surface area contributed by atoms with Crippen LogP contribution in [0.15, 0.2) is 12.2 Å². The Kier molecular flexibility index (Phi) is 40.0. The predicted molar refractivity (Wildman–Crippen MR) is 210 cm³/mol. The number of aliphatic hydroxyl groups is 2. The molecule has 0 aromatic heterocycles. The van der Waals surface area contributed by atoms with Crippen molar-refractivity contribution < 1.29 is 47.8 Å². The highest BCUT2D eigenvalue weighted by molar-refractivity contribution is 7.47. The van der Waals surface area contributed by atoms with E-state index in [1.165, 1.54) is 96.3 Å². The third kappa shape index (κ3) is 38.4. The number of hydrogen-bond acceptors (Lipinski definition) is 10. The summed E-state index contributed by atoms with van der Waals surface area (Å²) < 4.78 is 32.6. The van der Waals surface area contributed by atoms with Crippen LogP contribution in [-0.4, -0.2) is 65.7 Å². The zero-order valence-corrected chi connectivity index (χ0v) is 34.2. The minimum Gasteiger partial charge on any atom is -0.462 e. The van der Waals surface area contributed by atoms with Crippen LogP contribution in [0.3, 0.4) is 0 Å². The van der Waals surface area contributed by atoms with Crippen LogP contribution in [0.25, 0.3) is 0 Å². The minimum absolute atomic E-state index is 0. The van der Waals surface area contributed by atoms with Crippen molar-refractivity contribution >= 4 is 19.8 Å². The molecule has 0 heterocycles. The van der Waals surface area contributed by atoms with Gasteiger partial charge in [-0.1, -0.05) is 154 Å². The predicted octanol–water partition coefficient (Wildman–Crippen LogP) is 10.6. The molecule has 6 N–H and O–H groups in total. The van der Waals surface area contributed by atoms with Crippen LogP contribution in [0, 0.1) is 0 Å². The molecular formula is C40H80NO10P. The van der Waals surface area contributed by atoms with Crippen molar-refractivity contribution in [3.8, 4) is 0 Å². The molecule has 0 aromatic carbocycles. The van der Waals surface area contributed by atoms with Crippen LogP contribution in [0.5, 0.6) is 0 Å². The van der Waals surface area contributed by atoms with E-state index < -0.39 is 51.8 Å². The van der Waals surface area contributed by atoms with Crippen molar-refractivity contribution in [1.29, 1.82) is 0 Å². The number of ether oxygens (including phenoxy) is 2. The Hall–Kier alpha value is -1.33. The van der Waals surface area contributed by atoms with E-state index in [0.717, 1.165) is 57.8 Å². The fourth-order valence-corrected chi connectivity index (χ4v) is 6.48. The second-order valence-corrected chi connectivity index (χ2v) is 15.5. The molecule has 3 atom stereocenters.